The Morgan fingerprint density at radius 2 is 1.93 bits per heavy atom. The molecular weight excluding hydrogens is 415 g/mol. The normalized spacial score (nSPS) is 15.7. The average molecular weight is 433 g/mol. The first-order valence-electron chi connectivity index (χ1n) is 8.19. The van der Waals surface area contributed by atoms with Crippen molar-refractivity contribution in [2.45, 2.75) is 11.1 Å². The number of carbonyl (C=O) groups excluding carboxylic acids is 1. The van der Waals surface area contributed by atoms with Crippen LogP contribution < -0.4 is 4.74 Å². The molecule has 1 aliphatic heterocycles. The van der Waals surface area contributed by atoms with E-state index in [-0.39, 0.29) is 49.5 Å². The molecule has 0 N–H and O–H groups in total. The van der Waals surface area contributed by atoms with Gasteiger partial charge in [0.1, 0.15) is 15.8 Å². The Labute approximate surface area is 166 Å². The number of thiophene rings is 1. The van der Waals surface area contributed by atoms with Gasteiger partial charge in [0.05, 0.1) is 5.02 Å². The third-order valence-corrected chi connectivity index (χ3v) is 7.81. The fraction of sp³-hybridized carbons (Fsp3) is 0.353. The van der Waals surface area contributed by atoms with Crippen molar-refractivity contribution in [3.8, 4) is 5.75 Å². The summed E-state index contributed by atoms with van der Waals surface area (Å²) in [6.07, 6.45) is 0. The van der Waals surface area contributed by atoms with Crippen LogP contribution in [0.25, 0.3) is 0 Å². The lowest BCUT2D eigenvalue weighted by Crippen LogP contribution is -2.51. The van der Waals surface area contributed by atoms with Crippen molar-refractivity contribution in [3.05, 3.63) is 46.0 Å². The van der Waals surface area contributed by atoms with E-state index in [0.717, 1.165) is 10.9 Å². The number of amides is 1. The topological polar surface area (TPSA) is 66.9 Å². The van der Waals surface area contributed by atoms with Crippen LogP contribution in [0, 0.1) is 12.7 Å². The van der Waals surface area contributed by atoms with Gasteiger partial charge >= 0.3 is 0 Å². The maximum absolute atomic E-state index is 13.0. The van der Waals surface area contributed by atoms with Crippen LogP contribution in [0.1, 0.15) is 4.88 Å². The van der Waals surface area contributed by atoms with Crippen LogP contribution in [0.3, 0.4) is 0 Å². The summed E-state index contributed by atoms with van der Waals surface area (Å²) in [4.78, 5) is 14.8. The van der Waals surface area contributed by atoms with E-state index in [1.165, 1.54) is 27.8 Å². The Kier molecular flexibility index (Phi) is 6.05. The summed E-state index contributed by atoms with van der Waals surface area (Å²) in [6.45, 7) is 2.62. The molecule has 146 valence electrons. The number of halogens is 2. The zero-order valence-electron chi connectivity index (χ0n) is 14.5. The molecule has 0 spiro atoms. The fourth-order valence-electron chi connectivity index (χ4n) is 2.68. The van der Waals surface area contributed by atoms with Crippen LogP contribution in [0.4, 0.5) is 4.39 Å². The second kappa shape index (κ2) is 8.14. The number of ether oxygens (including phenoxy) is 1. The van der Waals surface area contributed by atoms with Gasteiger partial charge in [-0.2, -0.15) is 4.31 Å². The van der Waals surface area contributed by atoms with Crippen molar-refractivity contribution in [1.29, 1.82) is 0 Å². The molecule has 3 rings (SSSR count). The number of rotatable bonds is 5. The first-order chi connectivity index (χ1) is 12.8. The maximum Gasteiger partial charge on any atom is 0.260 e. The van der Waals surface area contributed by atoms with Crippen molar-refractivity contribution in [1.82, 2.24) is 9.21 Å². The van der Waals surface area contributed by atoms with Gasteiger partial charge in [-0.25, -0.2) is 12.8 Å². The van der Waals surface area contributed by atoms with E-state index in [9.17, 15) is 17.6 Å². The molecule has 0 saturated carbocycles. The quantitative estimate of drug-likeness (QED) is 0.728. The summed E-state index contributed by atoms with van der Waals surface area (Å²) in [5, 5.41) is 0.0879. The largest absolute Gasteiger partial charge is 0.482 e. The second-order valence-electron chi connectivity index (χ2n) is 6.01. The molecule has 0 aliphatic carbocycles. The lowest BCUT2D eigenvalue weighted by atomic mass is 10.3. The molecule has 1 aromatic carbocycles. The van der Waals surface area contributed by atoms with Crippen LogP contribution >= 0.6 is 22.9 Å². The van der Waals surface area contributed by atoms with E-state index in [2.05, 4.69) is 0 Å². The van der Waals surface area contributed by atoms with Crippen molar-refractivity contribution in [2.75, 3.05) is 32.8 Å². The number of aryl methyl sites for hydroxylation is 1. The van der Waals surface area contributed by atoms with Crippen molar-refractivity contribution in [2.24, 2.45) is 0 Å². The first-order valence-corrected chi connectivity index (χ1v) is 10.8. The van der Waals surface area contributed by atoms with Crippen molar-refractivity contribution < 1.29 is 22.3 Å². The van der Waals surface area contributed by atoms with Gasteiger partial charge in [-0.1, -0.05) is 11.6 Å². The highest BCUT2D eigenvalue weighted by atomic mass is 35.5. The van der Waals surface area contributed by atoms with Gasteiger partial charge < -0.3 is 9.64 Å². The lowest BCUT2D eigenvalue weighted by Gasteiger charge is -2.33. The molecule has 6 nitrogen and oxygen atoms in total. The first kappa shape index (κ1) is 20.1. The van der Waals surface area contributed by atoms with E-state index in [1.807, 2.05) is 6.92 Å². The van der Waals surface area contributed by atoms with Gasteiger partial charge in [-0.3, -0.25) is 4.79 Å². The van der Waals surface area contributed by atoms with Gasteiger partial charge in [0.2, 0.25) is 0 Å². The minimum absolute atomic E-state index is 0.0879. The Bertz CT molecular complexity index is 940. The molecule has 0 radical (unpaired) electrons. The third-order valence-electron chi connectivity index (χ3n) is 4.15. The highest BCUT2D eigenvalue weighted by Crippen LogP contribution is 2.26. The maximum atomic E-state index is 13.0. The molecule has 0 atom stereocenters. The van der Waals surface area contributed by atoms with Crippen LogP contribution in [0.2, 0.25) is 5.02 Å². The number of hydrogen-bond donors (Lipinski definition) is 0. The summed E-state index contributed by atoms with van der Waals surface area (Å²) in [7, 11) is -3.53. The molecule has 2 aromatic rings. The van der Waals surface area contributed by atoms with Crippen LogP contribution in [-0.4, -0.2) is 56.3 Å². The van der Waals surface area contributed by atoms with Crippen LogP contribution in [0.15, 0.2) is 34.5 Å². The van der Waals surface area contributed by atoms with Crippen molar-refractivity contribution >= 4 is 38.9 Å². The summed E-state index contributed by atoms with van der Waals surface area (Å²) in [6, 6.07) is 7.04. The van der Waals surface area contributed by atoms with E-state index < -0.39 is 15.8 Å². The average Bonchev–Trinajstić information content (AvgIpc) is 3.08. The number of nitrogens with zero attached hydrogens (tertiary/aromatic N) is 2. The monoisotopic (exact) mass is 432 g/mol. The van der Waals surface area contributed by atoms with Crippen molar-refractivity contribution in [3.63, 3.8) is 0 Å². The molecule has 2 heterocycles. The standard InChI is InChI=1S/C17H18ClFN2O4S2/c1-12-2-5-17(26-12)27(23,24)21-8-6-20(7-9-21)16(22)11-25-15-4-3-13(19)10-14(15)18/h2-5,10H,6-9,11H2,1H3. The molecule has 10 heteroatoms. The van der Waals surface area contributed by atoms with Gasteiger partial charge in [0.25, 0.3) is 15.9 Å². The number of piperazine rings is 1. The molecule has 1 fully saturated rings. The smallest absolute Gasteiger partial charge is 0.260 e. The summed E-state index contributed by atoms with van der Waals surface area (Å²) in [5.74, 6) is -0.544. The lowest BCUT2D eigenvalue weighted by molar-refractivity contribution is -0.134. The molecule has 1 aromatic heterocycles. The SMILES string of the molecule is Cc1ccc(S(=O)(=O)N2CCN(C(=O)COc3ccc(F)cc3Cl)CC2)s1. The highest BCUT2D eigenvalue weighted by molar-refractivity contribution is 7.91. The summed E-state index contributed by atoms with van der Waals surface area (Å²) >= 11 is 7.10. The molecule has 27 heavy (non-hydrogen) atoms. The van der Waals surface area contributed by atoms with Gasteiger partial charge in [0, 0.05) is 31.1 Å². The van der Waals surface area contributed by atoms with Gasteiger partial charge in [0.15, 0.2) is 6.61 Å². The van der Waals surface area contributed by atoms with Crippen LogP contribution in [-0.2, 0) is 14.8 Å². The molecule has 1 aliphatic rings. The van der Waals surface area contributed by atoms with E-state index in [4.69, 9.17) is 16.3 Å². The molecule has 1 amide bonds. The van der Waals surface area contributed by atoms with E-state index in [1.54, 1.807) is 17.0 Å². The van der Waals surface area contributed by atoms with Crippen LogP contribution in [0.5, 0.6) is 5.75 Å². The Morgan fingerprint density at radius 3 is 2.52 bits per heavy atom. The molecule has 0 bridgehead atoms. The number of hydrogen-bond acceptors (Lipinski definition) is 5. The number of sulfonamides is 1. The van der Waals surface area contributed by atoms with E-state index >= 15 is 0 Å². The minimum Gasteiger partial charge on any atom is -0.482 e. The number of benzene rings is 1. The zero-order chi connectivity index (χ0) is 19.6. The number of carbonyl (C=O) groups is 1. The second-order valence-corrected chi connectivity index (χ2v) is 9.87. The van der Waals surface area contributed by atoms with Gasteiger partial charge in [-0.15, -0.1) is 11.3 Å². The van der Waals surface area contributed by atoms with Gasteiger partial charge in [-0.05, 0) is 37.3 Å². The minimum atomic E-state index is -3.53. The third kappa shape index (κ3) is 4.60. The predicted octanol–water partition coefficient (Wildman–Crippen LogP) is 2.76. The Hall–Kier alpha value is -1.68. The Balaban J connectivity index is 1.55. The summed E-state index contributed by atoms with van der Waals surface area (Å²) < 4.78 is 45.3. The Morgan fingerprint density at radius 1 is 1.22 bits per heavy atom. The van der Waals surface area contributed by atoms with E-state index in [0.29, 0.717) is 4.21 Å². The summed E-state index contributed by atoms with van der Waals surface area (Å²) in [5.41, 5.74) is 0. The molecule has 0 unspecified atom stereocenters. The fourth-order valence-corrected chi connectivity index (χ4v) is 5.76. The highest BCUT2D eigenvalue weighted by Gasteiger charge is 2.31. The molecule has 1 saturated heterocycles. The molecular formula is C17H18ClFN2O4S2. The predicted molar refractivity (Wildman–Crippen MR) is 101 cm³/mol. The zero-order valence-corrected chi connectivity index (χ0v) is 16.9.